The summed E-state index contributed by atoms with van der Waals surface area (Å²) in [4.78, 5) is 25.2. The SMILES string of the molecule is CC(=O)Nc1ccccc1C(=O)O[C@@]12CCC[C@@]34[C@@H]5C[C@@H]6CC[C@@H]([C@H]5C6)[C@@H](C[C@H]13)[C@H]4NC2. The van der Waals surface area contributed by atoms with E-state index < -0.39 is 5.60 Å². The number of anilines is 1. The average Bonchev–Trinajstić information content (AvgIpc) is 3.20. The van der Waals surface area contributed by atoms with Gasteiger partial charge in [-0.3, -0.25) is 4.79 Å². The van der Waals surface area contributed by atoms with E-state index in [1.165, 1.54) is 51.9 Å². The standard InChI is InChI=1S/C27H34N2O3/c1-15(30)29-22-6-3-2-5-18(22)25(31)32-26-9-4-10-27-21-12-16-7-8-17(19(21)11-16)20(13-23(26)27)24(27)28-14-26/h2-3,5-6,16-17,19-21,23-24,28H,4,7-14H2,1H3,(H,29,30)/t16-,17+,19-,20-,21-,23-,24-,26-,27-/m1/s1. The lowest BCUT2D eigenvalue weighted by atomic mass is 9.48. The normalized spacial score (nSPS) is 47.1. The maximum absolute atomic E-state index is 13.5. The van der Waals surface area contributed by atoms with Crippen molar-refractivity contribution in [3.05, 3.63) is 29.8 Å². The number of carbonyl (C=O) groups is 2. The molecule has 1 aromatic carbocycles. The molecule has 1 aromatic rings. The van der Waals surface area contributed by atoms with E-state index in [-0.39, 0.29) is 11.9 Å². The first-order valence-corrected chi connectivity index (χ1v) is 12.9. The van der Waals surface area contributed by atoms with Crippen LogP contribution in [0.4, 0.5) is 5.69 Å². The number of fused-ring (bicyclic) bond motifs is 2. The Morgan fingerprint density at radius 3 is 2.81 bits per heavy atom. The minimum absolute atomic E-state index is 0.172. The molecule has 0 unspecified atom stereocenters. The average molecular weight is 435 g/mol. The highest BCUT2D eigenvalue weighted by Crippen LogP contribution is 2.75. The van der Waals surface area contributed by atoms with Crippen molar-refractivity contribution in [2.75, 3.05) is 11.9 Å². The molecule has 5 saturated carbocycles. The molecule has 1 saturated heterocycles. The minimum Gasteiger partial charge on any atom is -0.454 e. The largest absolute Gasteiger partial charge is 0.454 e. The summed E-state index contributed by atoms with van der Waals surface area (Å²) < 4.78 is 6.57. The van der Waals surface area contributed by atoms with Crippen LogP contribution in [0, 0.1) is 40.9 Å². The van der Waals surface area contributed by atoms with E-state index in [9.17, 15) is 9.59 Å². The van der Waals surface area contributed by atoms with Crippen LogP contribution in [0.25, 0.3) is 0 Å². The van der Waals surface area contributed by atoms with Crippen LogP contribution in [0.1, 0.15) is 68.6 Å². The highest BCUT2D eigenvalue weighted by molar-refractivity contribution is 6.00. The molecule has 32 heavy (non-hydrogen) atoms. The lowest BCUT2D eigenvalue weighted by Gasteiger charge is -2.63. The Bertz CT molecular complexity index is 993. The number of esters is 1. The second-order valence-electron chi connectivity index (χ2n) is 11.8. The number of carbonyl (C=O) groups excluding carboxylic acids is 2. The van der Waals surface area contributed by atoms with E-state index in [2.05, 4.69) is 10.6 Å². The molecule has 1 heterocycles. The number of benzene rings is 1. The van der Waals surface area contributed by atoms with E-state index in [0.717, 1.165) is 42.6 Å². The Labute approximate surface area is 190 Å². The number of hydrogen-bond acceptors (Lipinski definition) is 4. The van der Waals surface area contributed by atoms with Crippen LogP contribution in [-0.2, 0) is 9.53 Å². The first kappa shape index (κ1) is 19.6. The number of rotatable bonds is 3. The summed E-state index contributed by atoms with van der Waals surface area (Å²) >= 11 is 0. The Kier molecular flexibility index (Phi) is 4.03. The molecule has 1 amide bonds. The predicted octanol–water partition coefficient (Wildman–Crippen LogP) is 4.38. The van der Waals surface area contributed by atoms with E-state index in [1.807, 2.05) is 12.1 Å². The molecule has 5 nitrogen and oxygen atoms in total. The Hall–Kier alpha value is -1.88. The van der Waals surface area contributed by atoms with Crippen LogP contribution in [0.5, 0.6) is 0 Å². The zero-order valence-corrected chi connectivity index (χ0v) is 18.9. The van der Waals surface area contributed by atoms with Crippen molar-refractivity contribution in [1.82, 2.24) is 5.32 Å². The van der Waals surface area contributed by atoms with Gasteiger partial charge in [-0.1, -0.05) is 18.6 Å². The first-order chi connectivity index (χ1) is 15.5. The summed E-state index contributed by atoms with van der Waals surface area (Å²) in [7, 11) is 0. The van der Waals surface area contributed by atoms with Crippen molar-refractivity contribution in [3.8, 4) is 0 Å². The molecule has 0 aromatic heterocycles. The van der Waals surface area contributed by atoms with Crippen molar-refractivity contribution < 1.29 is 14.3 Å². The van der Waals surface area contributed by atoms with Gasteiger partial charge in [-0.15, -0.1) is 0 Å². The molecule has 5 aliphatic carbocycles. The monoisotopic (exact) mass is 434 g/mol. The summed E-state index contributed by atoms with van der Waals surface area (Å²) in [6.45, 7) is 2.27. The number of nitrogens with one attached hydrogen (secondary N) is 2. The van der Waals surface area contributed by atoms with Gasteiger partial charge in [0, 0.05) is 25.4 Å². The van der Waals surface area contributed by atoms with Gasteiger partial charge in [0.05, 0.1) is 11.3 Å². The minimum atomic E-state index is -0.402. The molecule has 9 atom stereocenters. The molecular formula is C27H34N2O3. The fourth-order valence-electron chi connectivity index (χ4n) is 10.1. The molecule has 7 rings (SSSR count). The molecule has 170 valence electrons. The van der Waals surface area contributed by atoms with Gasteiger partial charge in [-0.2, -0.15) is 0 Å². The summed E-state index contributed by atoms with van der Waals surface area (Å²) in [5.74, 6) is 4.39. The molecule has 7 bridgehead atoms. The number of piperidine rings is 1. The molecule has 6 fully saturated rings. The first-order valence-electron chi connectivity index (χ1n) is 12.9. The van der Waals surface area contributed by atoms with Crippen molar-refractivity contribution in [2.24, 2.45) is 40.9 Å². The summed E-state index contributed by atoms with van der Waals surface area (Å²) in [5, 5.41) is 6.81. The predicted molar refractivity (Wildman–Crippen MR) is 121 cm³/mol. The maximum Gasteiger partial charge on any atom is 0.340 e. The zero-order chi connectivity index (χ0) is 21.7. The quantitative estimate of drug-likeness (QED) is 0.693. The second-order valence-corrected chi connectivity index (χ2v) is 11.8. The lowest BCUT2D eigenvalue weighted by Crippen LogP contribution is -2.70. The fourth-order valence-corrected chi connectivity index (χ4v) is 10.1. The summed E-state index contributed by atoms with van der Waals surface area (Å²) in [5.41, 5.74) is 0.948. The number of hydrogen-bond donors (Lipinski definition) is 2. The van der Waals surface area contributed by atoms with E-state index >= 15 is 0 Å². The van der Waals surface area contributed by atoms with Crippen LogP contribution in [-0.4, -0.2) is 30.1 Å². The van der Waals surface area contributed by atoms with E-state index in [1.54, 1.807) is 12.1 Å². The zero-order valence-electron chi connectivity index (χ0n) is 18.9. The number of amides is 1. The van der Waals surface area contributed by atoms with Gasteiger partial charge in [0.1, 0.15) is 5.60 Å². The number of ether oxygens (including phenoxy) is 1. The number of para-hydroxylation sites is 1. The van der Waals surface area contributed by atoms with E-state index in [0.29, 0.717) is 28.6 Å². The van der Waals surface area contributed by atoms with E-state index in [4.69, 9.17) is 4.74 Å². The van der Waals surface area contributed by atoms with Gasteiger partial charge in [-0.25, -0.2) is 4.79 Å². The molecular weight excluding hydrogens is 400 g/mol. The molecule has 2 N–H and O–H groups in total. The van der Waals surface area contributed by atoms with Crippen molar-refractivity contribution in [3.63, 3.8) is 0 Å². The van der Waals surface area contributed by atoms with Gasteiger partial charge < -0.3 is 15.4 Å². The third-order valence-electron chi connectivity index (χ3n) is 10.8. The highest BCUT2D eigenvalue weighted by Gasteiger charge is 2.75. The Morgan fingerprint density at radius 1 is 1.06 bits per heavy atom. The van der Waals surface area contributed by atoms with Crippen molar-refractivity contribution in [2.45, 2.75) is 69.9 Å². The second kappa shape index (κ2) is 6.59. The Morgan fingerprint density at radius 2 is 1.94 bits per heavy atom. The summed E-state index contributed by atoms with van der Waals surface area (Å²) in [6, 6.07) is 7.89. The fraction of sp³-hybridized carbons (Fsp3) is 0.704. The molecule has 1 aliphatic heterocycles. The Balaban J connectivity index is 1.25. The summed E-state index contributed by atoms with van der Waals surface area (Å²) in [6.07, 6.45) is 10.4. The maximum atomic E-state index is 13.5. The highest BCUT2D eigenvalue weighted by atomic mass is 16.6. The van der Waals surface area contributed by atoms with Crippen molar-refractivity contribution >= 4 is 17.6 Å². The molecule has 1 spiro atoms. The third kappa shape index (κ3) is 2.39. The van der Waals surface area contributed by atoms with Gasteiger partial charge in [-0.05, 0) is 92.1 Å². The molecule has 6 aliphatic rings. The van der Waals surface area contributed by atoms with Crippen LogP contribution in [0.3, 0.4) is 0 Å². The van der Waals surface area contributed by atoms with Crippen LogP contribution in [0.2, 0.25) is 0 Å². The van der Waals surface area contributed by atoms with Gasteiger partial charge in [0.15, 0.2) is 0 Å². The topological polar surface area (TPSA) is 67.4 Å². The van der Waals surface area contributed by atoms with Crippen LogP contribution >= 0.6 is 0 Å². The third-order valence-corrected chi connectivity index (χ3v) is 10.8. The van der Waals surface area contributed by atoms with Gasteiger partial charge >= 0.3 is 5.97 Å². The van der Waals surface area contributed by atoms with Crippen LogP contribution < -0.4 is 10.6 Å². The lowest BCUT2D eigenvalue weighted by molar-refractivity contribution is -0.170. The smallest absolute Gasteiger partial charge is 0.340 e. The molecule has 5 heteroatoms. The van der Waals surface area contributed by atoms with Crippen molar-refractivity contribution in [1.29, 1.82) is 0 Å². The van der Waals surface area contributed by atoms with Crippen LogP contribution in [0.15, 0.2) is 24.3 Å². The van der Waals surface area contributed by atoms with Gasteiger partial charge in [0.25, 0.3) is 0 Å². The molecule has 0 radical (unpaired) electrons. The van der Waals surface area contributed by atoms with Gasteiger partial charge in [0.2, 0.25) is 5.91 Å².